The maximum Gasteiger partial charge on any atom is 0.221 e. The van der Waals surface area contributed by atoms with Crippen LogP contribution in [-0.4, -0.2) is 18.5 Å². The van der Waals surface area contributed by atoms with Crippen molar-refractivity contribution in [2.45, 2.75) is 39.2 Å². The van der Waals surface area contributed by atoms with E-state index in [9.17, 15) is 4.79 Å². The SMILES string of the molecule is Cc1cc(C)cc(NCCC(=O)NC2CC2)c1. The number of aryl methyl sites for hydroxylation is 2. The van der Waals surface area contributed by atoms with Crippen molar-refractivity contribution in [3.05, 3.63) is 29.3 Å². The third-order valence-corrected chi connectivity index (χ3v) is 2.85. The first-order valence-electron chi connectivity index (χ1n) is 6.25. The summed E-state index contributed by atoms with van der Waals surface area (Å²) in [5.41, 5.74) is 3.59. The highest BCUT2D eigenvalue weighted by Crippen LogP contribution is 2.18. The number of benzene rings is 1. The summed E-state index contributed by atoms with van der Waals surface area (Å²) >= 11 is 0. The van der Waals surface area contributed by atoms with Crippen LogP contribution in [0.2, 0.25) is 0 Å². The molecule has 0 atom stereocenters. The third kappa shape index (κ3) is 4.10. The Labute approximate surface area is 103 Å². The number of anilines is 1. The van der Waals surface area contributed by atoms with E-state index in [1.165, 1.54) is 11.1 Å². The van der Waals surface area contributed by atoms with Crippen LogP contribution in [0, 0.1) is 13.8 Å². The molecule has 0 saturated heterocycles. The molecule has 0 aliphatic heterocycles. The lowest BCUT2D eigenvalue weighted by atomic mass is 10.1. The van der Waals surface area contributed by atoms with Crippen LogP contribution in [0.1, 0.15) is 30.4 Å². The lowest BCUT2D eigenvalue weighted by Crippen LogP contribution is -2.27. The molecule has 1 aromatic carbocycles. The standard InChI is InChI=1S/C14H20N2O/c1-10-7-11(2)9-13(8-10)15-6-5-14(17)16-12-3-4-12/h7-9,12,15H,3-6H2,1-2H3,(H,16,17). The van der Waals surface area contributed by atoms with Gasteiger partial charge in [0.1, 0.15) is 0 Å². The highest BCUT2D eigenvalue weighted by molar-refractivity contribution is 5.77. The second-order valence-electron chi connectivity index (χ2n) is 4.89. The van der Waals surface area contributed by atoms with Gasteiger partial charge in [-0.05, 0) is 49.9 Å². The number of nitrogens with one attached hydrogen (secondary N) is 2. The molecule has 1 aliphatic rings. The van der Waals surface area contributed by atoms with Crippen LogP contribution in [0.4, 0.5) is 5.69 Å². The fourth-order valence-electron chi connectivity index (χ4n) is 1.92. The Bertz CT molecular complexity index is 390. The van der Waals surface area contributed by atoms with Crippen LogP contribution in [0.25, 0.3) is 0 Å². The monoisotopic (exact) mass is 232 g/mol. The molecule has 0 radical (unpaired) electrons. The third-order valence-electron chi connectivity index (χ3n) is 2.85. The molecule has 1 amide bonds. The smallest absolute Gasteiger partial charge is 0.221 e. The zero-order valence-electron chi connectivity index (χ0n) is 10.5. The van der Waals surface area contributed by atoms with Gasteiger partial charge in [-0.15, -0.1) is 0 Å². The van der Waals surface area contributed by atoms with Crippen LogP contribution in [-0.2, 0) is 4.79 Å². The van der Waals surface area contributed by atoms with Crippen LogP contribution in [0.5, 0.6) is 0 Å². The van der Waals surface area contributed by atoms with Gasteiger partial charge in [-0.1, -0.05) is 6.07 Å². The average molecular weight is 232 g/mol. The van der Waals surface area contributed by atoms with Gasteiger partial charge in [-0.25, -0.2) is 0 Å². The molecule has 1 aliphatic carbocycles. The van der Waals surface area contributed by atoms with Crippen molar-refractivity contribution < 1.29 is 4.79 Å². The summed E-state index contributed by atoms with van der Waals surface area (Å²) in [6.07, 6.45) is 2.84. The number of amides is 1. The van der Waals surface area contributed by atoms with E-state index in [1.807, 2.05) is 0 Å². The van der Waals surface area contributed by atoms with Crippen molar-refractivity contribution in [1.29, 1.82) is 0 Å². The lowest BCUT2D eigenvalue weighted by Gasteiger charge is -2.08. The molecule has 92 valence electrons. The molecule has 0 bridgehead atoms. The Hall–Kier alpha value is -1.51. The van der Waals surface area contributed by atoms with Crippen LogP contribution in [0.15, 0.2) is 18.2 Å². The van der Waals surface area contributed by atoms with Gasteiger partial charge in [0.2, 0.25) is 5.91 Å². The summed E-state index contributed by atoms with van der Waals surface area (Å²) in [4.78, 5) is 11.5. The number of hydrogen-bond donors (Lipinski definition) is 2. The minimum atomic E-state index is 0.157. The summed E-state index contributed by atoms with van der Waals surface area (Å²) in [5.74, 6) is 0.157. The summed E-state index contributed by atoms with van der Waals surface area (Å²) in [6.45, 7) is 4.86. The number of carbonyl (C=O) groups is 1. The maximum atomic E-state index is 11.5. The van der Waals surface area contributed by atoms with Gasteiger partial charge >= 0.3 is 0 Å². The predicted octanol–water partition coefficient (Wildman–Crippen LogP) is 2.38. The molecule has 1 aromatic rings. The summed E-state index contributed by atoms with van der Waals surface area (Å²) in [7, 11) is 0. The van der Waals surface area contributed by atoms with Crippen LogP contribution < -0.4 is 10.6 Å². The van der Waals surface area contributed by atoms with Gasteiger partial charge in [-0.3, -0.25) is 4.79 Å². The second-order valence-corrected chi connectivity index (χ2v) is 4.89. The molecule has 3 nitrogen and oxygen atoms in total. The Morgan fingerprint density at radius 1 is 1.24 bits per heavy atom. The molecule has 1 saturated carbocycles. The van der Waals surface area contributed by atoms with Crippen molar-refractivity contribution >= 4 is 11.6 Å². The molecule has 0 spiro atoms. The minimum absolute atomic E-state index is 0.157. The molecule has 0 heterocycles. The van der Waals surface area contributed by atoms with Gasteiger partial charge < -0.3 is 10.6 Å². The summed E-state index contributed by atoms with van der Waals surface area (Å²) < 4.78 is 0. The number of hydrogen-bond acceptors (Lipinski definition) is 2. The van der Waals surface area contributed by atoms with E-state index in [4.69, 9.17) is 0 Å². The van der Waals surface area contributed by atoms with Crippen LogP contribution in [0.3, 0.4) is 0 Å². The Morgan fingerprint density at radius 2 is 1.88 bits per heavy atom. The zero-order valence-corrected chi connectivity index (χ0v) is 10.5. The van der Waals surface area contributed by atoms with Crippen molar-refractivity contribution in [3.63, 3.8) is 0 Å². The molecule has 0 aromatic heterocycles. The fraction of sp³-hybridized carbons (Fsp3) is 0.500. The van der Waals surface area contributed by atoms with Crippen LogP contribution >= 0.6 is 0 Å². The topological polar surface area (TPSA) is 41.1 Å². The van der Waals surface area contributed by atoms with Crippen molar-refractivity contribution in [2.24, 2.45) is 0 Å². The van der Waals surface area contributed by atoms with Crippen molar-refractivity contribution in [1.82, 2.24) is 5.32 Å². The van der Waals surface area contributed by atoms with Crippen molar-refractivity contribution in [3.8, 4) is 0 Å². The van der Waals surface area contributed by atoms with E-state index in [0.717, 1.165) is 18.5 Å². The Morgan fingerprint density at radius 3 is 2.47 bits per heavy atom. The molecule has 0 unspecified atom stereocenters. The number of carbonyl (C=O) groups excluding carboxylic acids is 1. The number of rotatable bonds is 5. The Balaban J connectivity index is 1.74. The first kappa shape index (κ1) is 12.0. The van der Waals surface area contributed by atoms with Gasteiger partial charge in [0.15, 0.2) is 0 Å². The Kier molecular flexibility index (Phi) is 3.67. The first-order chi connectivity index (χ1) is 8.13. The quantitative estimate of drug-likeness (QED) is 0.818. The normalized spacial score (nSPS) is 14.5. The molecule has 1 fully saturated rings. The molecular weight excluding hydrogens is 212 g/mol. The molecule has 2 rings (SSSR count). The average Bonchev–Trinajstić information content (AvgIpc) is 3.00. The largest absolute Gasteiger partial charge is 0.385 e. The molecule has 17 heavy (non-hydrogen) atoms. The minimum Gasteiger partial charge on any atom is -0.385 e. The van der Waals surface area contributed by atoms with Crippen molar-refractivity contribution in [2.75, 3.05) is 11.9 Å². The van der Waals surface area contributed by atoms with E-state index in [0.29, 0.717) is 19.0 Å². The van der Waals surface area contributed by atoms with E-state index >= 15 is 0 Å². The first-order valence-corrected chi connectivity index (χ1v) is 6.25. The molecular formula is C14H20N2O. The van der Waals surface area contributed by atoms with Gasteiger partial charge in [-0.2, -0.15) is 0 Å². The van der Waals surface area contributed by atoms with E-state index in [2.05, 4.69) is 42.7 Å². The predicted molar refractivity (Wildman–Crippen MR) is 70.2 cm³/mol. The summed E-state index contributed by atoms with van der Waals surface area (Å²) in [6, 6.07) is 6.81. The van der Waals surface area contributed by atoms with E-state index in [1.54, 1.807) is 0 Å². The van der Waals surface area contributed by atoms with Gasteiger partial charge in [0, 0.05) is 24.7 Å². The van der Waals surface area contributed by atoms with E-state index < -0.39 is 0 Å². The maximum absolute atomic E-state index is 11.5. The second kappa shape index (κ2) is 5.21. The zero-order chi connectivity index (χ0) is 12.3. The highest BCUT2D eigenvalue weighted by Gasteiger charge is 2.22. The lowest BCUT2D eigenvalue weighted by molar-refractivity contribution is -0.120. The molecule has 2 N–H and O–H groups in total. The summed E-state index contributed by atoms with van der Waals surface area (Å²) in [5, 5.41) is 6.27. The van der Waals surface area contributed by atoms with E-state index in [-0.39, 0.29) is 5.91 Å². The van der Waals surface area contributed by atoms with Gasteiger partial charge in [0.05, 0.1) is 0 Å². The van der Waals surface area contributed by atoms with Gasteiger partial charge in [0.25, 0.3) is 0 Å². The highest BCUT2D eigenvalue weighted by atomic mass is 16.1. The fourth-order valence-corrected chi connectivity index (χ4v) is 1.92. The molecule has 3 heteroatoms.